The van der Waals surface area contributed by atoms with E-state index in [0.717, 1.165) is 10.5 Å². The van der Waals surface area contributed by atoms with Gasteiger partial charge in [0.15, 0.2) is 0 Å². The third-order valence-electron chi connectivity index (χ3n) is 3.72. The predicted molar refractivity (Wildman–Crippen MR) is 87.7 cm³/mol. The van der Waals surface area contributed by atoms with E-state index in [0.29, 0.717) is 23.2 Å². The van der Waals surface area contributed by atoms with Gasteiger partial charge < -0.3 is 0 Å². The van der Waals surface area contributed by atoms with Crippen molar-refractivity contribution in [3.63, 3.8) is 0 Å². The summed E-state index contributed by atoms with van der Waals surface area (Å²) in [6.45, 7) is 0. The van der Waals surface area contributed by atoms with E-state index in [1.165, 1.54) is 36.8 Å². The average molecular weight is 305 g/mol. The number of aromatic nitrogens is 1. The molecule has 1 heterocycles. The number of carbonyl (C=O) groups is 1. The zero-order valence-electron chi connectivity index (χ0n) is 11.5. The van der Waals surface area contributed by atoms with E-state index in [-0.39, 0.29) is 0 Å². The summed E-state index contributed by atoms with van der Waals surface area (Å²) in [6.07, 6.45) is 7.13. The van der Waals surface area contributed by atoms with Crippen molar-refractivity contribution in [2.24, 2.45) is 0 Å². The smallest absolute Gasteiger partial charge is 0.149 e. The highest BCUT2D eigenvalue weighted by Crippen LogP contribution is 2.28. The Morgan fingerprint density at radius 2 is 2.05 bits per heavy atom. The predicted octanol–water partition coefficient (Wildman–Crippen LogP) is 4.47. The molecule has 1 aliphatic rings. The van der Waals surface area contributed by atoms with Crippen LogP contribution in [0.1, 0.15) is 37.1 Å². The number of Topliss-reactive ketones (excluding diaryl/α,β-unsaturated/α-hetero) is 1. The maximum absolute atomic E-state index is 12.1. The van der Waals surface area contributed by atoms with Crippen molar-refractivity contribution in [3.05, 3.63) is 29.3 Å². The molecule has 0 radical (unpaired) electrons. The summed E-state index contributed by atoms with van der Waals surface area (Å²) in [5.74, 6) is 0.972. The summed E-state index contributed by atoms with van der Waals surface area (Å²) in [5, 5.41) is 1.67. The second-order valence-corrected chi connectivity index (χ2v) is 7.77. The Hall–Kier alpha value is -0.870. The zero-order valence-corrected chi connectivity index (χ0v) is 13.1. The van der Waals surface area contributed by atoms with Crippen LogP contribution in [-0.2, 0) is 11.2 Å². The van der Waals surface area contributed by atoms with Crippen molar-refractivity contribution < 1.29 is 4.79 Å². The molecule has 0 spiro atoms. The van der Waals surface area contributed by atoms with E-state index >= 15 is 0 Å². The molecule has 0 atom stereocenters. The Bertz CT molecular complexity index is 554. The molecule has 2 nitrogen and oxygen atoms in total. The van der Waals surface area contributed by atoms with Gasteiger partial charge in [0.2, 0.25) is 0 Å². The highest BCUT2D eigenvalue weighted by atomic mass is 32.2. The summed E-state index contributed by atoms with van der Waals surface area (Å²) in [7, 11) is 0. The molecule has 1 aromatic carbocycles. The van der Waals surface area contributed by atoms with Crippen LogP contribution in [0, 0.1) is 0 Å². The second-order valence-electron chi connectivity index (χ2n) is 5.36. The molecule has 106 valence electrons. The van der Waals surface area contributed by atoms with Crippen molar-refractivity contribution in [1.82, 2.24) is 4.98 Å². The fraction of sp³-hybridized carbons (Fsp3) is 0.500. The Balaban J connectivity index is 1.52. The van der Waals surface area contributed by atoms with Gasteiger partial charge in [0.1, 0.15) is 10.8 Å². The van der Waals surface area contributed by atoms with Crippen LogP contribution in [0.5, 0.6) is 0 Å². The lowest BCUT2D eigenvalue weighted by Gasteiger charge is -2.20. The van der Waals surface area contributed by atoms with Crippen LogP contribution in [0.25, 0.3) is 10.2 Å². The number of hydrogen-bond donors (Lipinski definition) is 0. The molecular formula is C16H19NOS2. The number of ketones is 1. The van der Waals surface area contributed by atoms with Gasteiger partial charge in [-0.05, 0) is 25.0 Å². The summed E-state index contributed by atoms with van der Waals surface area (Å²) >= 11 is 3.50. The maximum atomic E-state index is 12.1. The molecule has 1 saturated carbocycles. The SMILES string of the molecule is O=C(CSC1CCCCC1)Cc1nc2ccccc2s1. The minimum atomic E-state index is 0.319. The van der Waals surface area contributed by atoms with Crippen LogP contribution >= 0.6 is 23.1 Å². The highest BCUT2D eigenvalue weighted by Gasteiger charge is 2.16. The largest absolute Gasteiger partial charge is 0.298 e. The number of carbonyl (C=O) groups excluding carboxylic acids is 1. The Morgan fingerprint density at radius 3 is 2.85 bits per heavy atom. The Labute approximate surface area is 128 Å². The minimum Gasteiger partial charge on any atom is -0.298 e. The van der Waals surface area contributed by atoms with Gasteiger partial charge in [0, 0.05) is 5.25 Å². The fourth-order valence-electron chi connectivity index (χ4n) is 2.66. The van der Waals surface area contributed by atoms with Crippen molar-refractivity contribution in [2.75, 3.05) is 5.75 Å². The molecule has 0 saturated heterocycles. The van der Waals surface area contributed by atoms with Crippen LogP contribution in [0.4, 0.5) is 0 Å². The minimum absolute atomic E-state index is 0.319. The summed E-state index contributed by atoms with van der Waals surface area (Å²) in [4.78, 5) is 16.6. The van der Waals surface area contributed by atoms with Gasteiger partial charge in [0.25, 0.3) is 0 Å². The number of fused-ring (bicyclic) bond motifs is 1. The lowest BCUT2D eigenvalue weighted by Crippen LogP contribution is -2.13. The molecule has 1 aliphatic carbocycles. The van der Waals surface area contributed by atoms with E-state index in [1.807, 2.05) is 30.0 Å². The van der Waals surface area contributed by atoms with Gasteiger partial charge in [-0.15, -0.1) is 11.3 Å². The topological polar surface area (TPSA) is 30.0 Å². The number of benzene rings is 1. The van der Waals surface area contributed by atoms with Crippen LogP contribution in [0.15, 0.2) is 24.3 Å². The van der Waals surface area contributed by atoms with Crippen molar-refractivity contribution in [2.45, 2.75) is 43.8 Å². The molecule has 0 bridgehead atoms. The Morgan fingerprint density at radius 1 is 1.25 bits per heavy atom. The van der Waals surface area contributed by atoms with Crippen LogP contribution in [0.2, 0.25) is 0 Å². The summed E-state index contributed by atoms with van der Waals surface area (Å²) in [5.41, 5.74) is 1.01. The van der Waals surface area contributed by atoms with Crippen molar-refractivity contribution in [1.29, 1.82) is 0 Å². The average Bonchev–Trinajstić information content (AvgIpc) is 2.88. The van der Waals surface area contributed by atoms with Gasteiger partial charge in [0.05, 0.1) is 22.4 Å². The van der Waals surface area contributed by atoms with E-state index in [1.54, 1.807) is 11.3 Å². The van der Waals surface area contributed by atoms with E-state index < -0.39 is 0 Å². The van der Waals surface area contributed by atoms with Gasteiger partial charge in [-0.2, -0.15) is 11.8 Å². The molecule has 3 rings (SSSR count). The fourth-order valence-corrected chi connectivity index (χ4v) is 4.84. The van der Waals surface area contributed by atoms with Crippen LogP contribution in [-0.4, -0.2) is 21.8 Å². The van der Waals surface area contributed by atoms with Crippen LogP contribution < -0.4 is 0 Å². The Kier molecular flexibility index (Phi) is 4.73. The lowest BCUT2D eigenvalue weighted by atomic mass is 10.0. The number of thiazole rings is 1. The first kappa shape index (κ1) is 14.1. The lowest BCUT2D eigenvalue weighted by molar-refractivity contribution is -0.116. The number of para-hydroxylation sites is 1. The van der Waals surface area contributed by atoms with E-state index in [4.69, 9.17) is 0 Å². The third kappa shape index (κ3) is 3.61. The standard InChI is InChI=1S/C16H19NOS2/c18-12(11-19-13-6-2-1-3-7-13)10-16-17-14-8-4-5-9-15(14)20-16/h4-5,8-9,13H,1-3,6-7,10-11H2. The monoisotopic (exact) mass is 305 g/mol. The number of hydrogen-bond acceptors (Lipinski definition) is 4. The first-order chi connectivity index (χ1) is 9.81. The molecule has 1 aromatic heterocycles. The quantitative estimate of drug-likeness (QED) is 0.816. The van der Waals surface area contributed by atoms with Crippen molar-refractivity contribution in [3.8, 4) is 0 Å². The zero-order chi connectivity index (χ0) is 13.8. The van der Waals surface area contributed by atoms with Crippen molar-refractivity contribution >= 4 is 39.1 Å². The number of thioether (sulfide) groups is 1. The van der Waals surface area contributed by atoms with E-state index in [9.17, 15) is 4.79 Å². The number of nitrogens with zero attached hydrogens (tertiary/aromatic N) is 1. The van der Waals surface area contributed by atoms with Gasteiger partial charge >= 0.3 is 0 Å². The molecule has 1 fully saturated rings. The molecule has 0 amide bonds. The van der Waals surface area contributed by atoms with Gasteiger partial charge in [-0.1, -0.05) is 31.4 Å². The highest BCUT2D eigenvalue weighted by molar-refractivity contribution is 8.00. The van der Waals surface area contributed by atoms with E-state index in [2.05, 4.69) is 11.1 Å². The molecule has 2 aromatic rings. The second kappa shape index (κ2) is 6.72. The first-order valence-corrected chi connectivity index (χ1v) is 9.15. The number of rotatable bonds is 5. The summed E-state index contributed by atoms with van der Waals surface area (Å²) in [6, 6.07) is 8.09. The molecule has 0 N–H and O–H groups in total. The summed E-state index contributed by atoms with van der Waals surface area (Å²) < 4.78 is 1.18. The molecule has 20 heavy (non-hydrogen) atoms. The molecule has 0 aliphatic heterocycles. The first-order valence-electron chi connectivity index (χ1n) is 7.29. The maximum Gasteiger partial charge on any atom is 0.149 e. The third-order valence-corrected chi connectivity index (χ3v) is 6.19. The molecule has 4 heteroatoms. The molecule has 0 unspecified atom stereocenters. The van der Waals surface area contributed by atoms with Crippen LogP contribution in [0.3, 0.4) is 0 Å². The van der Waals surface area contributed by atoms with Gasteiger partial charge in [-0.25, -0.2) is 4.98 Å². The van der Waals surface area contributed by atoms with Gasteiger partial charge in [-0.3, -0.25) is 4.79 Å². The normalized spacial score (nSPS) is 16.6. The molecular weight excluding hydrogens is 286 g/mol.